The highest BCUT2D eigenvalue weighted by Gasteiger charge is 2.31. The molecule has 4 atom stereocenters. The van der Waals surface area contributed by atoms with Gasteiger partial charge in [-0.25, -0.2) is 9.50 Å². The zero-order chi connectivity index (χ0) is 20.4. The SMILES string of the molecule is OP(O)CP(O)OCC1CCC(c2cnc3c(NC4CCOC4)nc(Cl)nn23)O1. The van der Waals surface area contributed by atoms with Crippen LogP contribution in [0.25, 0.3) is 5.65 Å². The quantitative estimate of drug-likeness (QED) is 0.426. The Bertz CT molecular complexity index is 839. The Kier molecular flexibility index (Phi) is 7.11. The summed E-state index contributed by atoms with van der Waals surface area (Å²) in [6.45, 7) is 1.50. The standard InChI is InChI=1S/C15H22ClN5O6P2/c16-15-19-13(18-9-3-4-25-6-9)14-17-5-11(21(14)20-15)12-2-1-10(27-12)7-26-29(24)8-28(22)23/h5,9-10,12,22-24H,1-4,6-8H2,(H,18,19,20). The lowest BCUT2D eigenvalue weighted by Gasteiger charge is -2.16. The van der Waals surface area contributed by atoms with Gasteiger partial charge >= 0.3 is 0 Å². The van der Waals surface area contributed by atoms with E-state index in [0.717, 1.165) is 25.0 Å². The molecule has 4 N–H and O–H groups in total. The number of anilines is 1. The number of hydrogen-bond acceptors (Lipinski definition) is 10. The van der Waals surface area contributed by atoms with Gasteiger partial charge in [0.05, 0.1) is 43.2 Å². The normalized spacial score (nSPS) is 25.9. The smallest absolute Gasteiger partial charge is 0.243 e. The number of halogens is 1. The van der Waals surface area contributed by atoms with Crippen LogP contribution in [0, 0.1) is 0 Å². The van der Waals surface area contributed by atoms with Crippen LogP contribution in [0.3, 0.4) is 0 Å². The zero-order valence-electron chi connectivity index (χ0n) is 15.4. The van der Waals surface area contributed by atoms with Crippen molar-refractivity contribution in [2.24, 2.45) is 0 Å². The van der Waals surface area contributed by atoms with Gasteiger partial charge in [0.2, 0.25) is 5.28 Å². The van der Waals surface area contributed by atoms with Crippen LogP contribution in [0.1, 0.15) is 31.1 Å². The maximum absolute atomic E-state index is 9.67. The molecule has 4 rings (SSSR count). The molecule has 0 aromatic carbocycles. The van der Waals surface area contributed by atoms with E-state index in [9.17, 15) is 4.89 Å². The van der Waals surface area contributed by atoms with Crippen molar-refractivity contribution in [2.45, 2.75) is 37.5 Å². The van der Waals surface area contributed by atoms with Crippen molar-refractivity contribution in [3.8, 4) is 0 Å². The molecule has 2 fully saturated rings. The van der Waals surface area contributed by atoms with E-state index in [1.54, 1.807) is 10.7 Å². The number of aromatic nitrogens is 4. The second-order valence-electron chi connectivity index (χ2n) is 6.84. The third-order valence-corrected chi connectivity index (χ3v) is 7.31. The lowest BCUT2D eigenvalue weighted by Crippen LogP contribution is -2.21. The average Bonchev–Trinajstić information content (AvgIpc) is 3.39. The maximum atomic E-state index is 9.67. The molecule has 29 heavy (non-hydrogen) atoms. The summed E-state index contributed by atoms with van der Waals surface area (Å²) in [6.07, 6.45) is 3.60. The van der Waals surface area contributed by atoms with Crippen LogP contribution in [0.4, 0.5) is 5.82 Å². The first-order valence-electron chi connectivity index (χ1n) is 9.15. The minimum absolute atomic E-state index is 0.103. The molecule has 2 saturated heterocycles. The van der Waals surface area contributed by atoms with E-state index < -0.39 is 16.8 Å². The summed E-state index contributed by atoms with van der Waals surface area (Å²) in [5, 5.41) is 7.70. The number of imidazole rings is 1. The predicted octanol–water partition coefficient (Wildman–Crippen LogP) is 1.77. The molecule has 0 radical (unpaired) electrons. The predicted molar refractivity (Wildman–Crippen MR) is 107 cm³/mol. The maximum Gasteiger partial charge on any atom is 0.243 e. The Morgan fingerprint density at radius 2 is 2.17 bits per heavy atom. The molecule has 2 aliphatic heterocycles. The summed E-state index contributed by atoms with van der Waals surface area (Å²) < 4.78 is 18.4. The van der Waals surface area contributed by atoms with Gasteiger partial charge in [-0.05, 0) is 30.9 Å². The highest BCUT2D eigenvalue weighted by atomic mass is 35.5. The first kappa shape index (κ1) is 21.5. The molecule has 4 unspecified atom stereocenters. The van der Waals surface area contributed by atoms with Gasteiger partial charge < -0.3 is 34.0 Å². The molecule has 0 bridgehead atoms. The van der Waals surface area contributed by atoms with Crippen molar-refractivity contribution in [3.63, 3.8) is 0 Å². The molecule has 0 amide bonds. The second-order valence-corrected chi connectivity index (χ2v) is 10.0. The third kappa shape index (κ3) is 5.31. The summed E-state index contributed by atoms with van der Waals surface area (Å²) in [5.41, 5.74) is 1.33. The highest BCUT2D eigenvalue weighted by Crippen LogP contribution is 2.44. The number of nitrogens with zero attached hydrogens (tertiary/aromatic N) is 4. The van der Waals surface area contributed by atoms with Crippen molar-refractivity contribution >= 4 is 39.8 Å². The Balaban J connectivity index is 1.44. The Labute approximate surface area is 174 Å². The van der Waals surface area contributed by atoms with Crippen molar-refractivity contribution in [1.29, 1.82) is 0 Å². The van der Waals surface area contributed by atoms with Crippen LogP contribution in [-0.2, 0) is 14.0 Å². The van der Waals surface area contributed by atoms with E-state index in [1.165, 1.54) is 0 Å². The van der Waals surface area contributed by atoms with Crippen LogP contribution < -0.4 is 5.32 Å². The number of hydrogen-bond donors (Lipinski definition) is 4. The minimum atomic E-state index is -2.17. The minimum Gasteiger partial charge on any atom is -0.379 e. The molecular weight excluding hydrogens is 444 g/mol. The van der Waals surface area contributed by atoms with Gasteiger partial charge in [-0.3, -0.25) is 0 Å². The van der Waals surface area contributed by atoms with Gasteiger partial charge in [0.15, 0.2) is 28.2 Å². The average molecular weight is 466 g/mol. The van der Waals surface area contributed by atoms with E-state index in [4.69, 9.17) is 35.4 Å². The fourth-order valence-corrected chi connectivity index (χ4v) is 5.09. The molecule has 2 aliphatic rings. The van der Waals surface area contributed by atoms with Crippen molar-refractivity contribution in [3.05, 3.63) is 17.2 Å². The van der Waals surface area contributed by atoms with E-state index >= 15 is 0 Å². The van der Waals surface area contributed by atoms with Gasteiger partial charge in [0.25, 0.3) is 0 Å². The van der Waals surface area contributed by atoms with Crippen molar-refractivity contribution in [1.82, 2.24) is 19.6 Å². The number of fused-ring (bicyclic) bond motifs is 1. The summed E-state index contributed by atoms with van der Waals surface area (Å²) in [6, 6.07) is 0.154. The fourth-order valence-electron chi connectivity index (χ4n) is 3.39. The number of nitrogens with one attached hydrogen (secondary N) is 1. The Morgan fingerprint density at radius 3 is 2.93 bits per heavy atom. The first-order chi connectivity index (χ1) is 14.0. The van der Waals surface area contributed by atoms with Gasteiger partial charge in [0, 0.05) is 6.61 Å². The third-order valence-electron chi connectivity index (χ3n) is 4.73. The number of ether oxygens (including phenoxy) is 2. The topological polar surface area (TPSA) is 143 Å². The molecular formula is C15H22ClN5O6P2. The molecule has 0 aliphatic carbocycles. The Hall–Kier alpha value is -0.740. The summed E-state index contributed by atoms with van der Waals surface area (Å²) in [4.78, 5) is 36.3. The molecule has 2 aromatic rings. The van der Waals surface area contributed by atoms with E-state index in [1.807, 2.05) is 0 Å². The highest BCUT2D eigenvalue weighted by molar-refractivity contribution is 7.63. The molecule has 11 nitrogen and oxygen atoms in total. The van der Waals surface area contributed by atoms with Crippen LogP contribution >= 0.6 is 28.4 Å². The van der Waals surface area contributed by atoms with Gasteiger partial charge in [-0.15, -0.1) is 5.10 Å². The largest absolute Gasteiger partial charge is 0.379 e. The first-order valence-corrected chi connectivity index (χ1v) is 12.4. The molecule has 4 heterocycles. The second kappa shape index (κ2) is 9.60. The van der Waals surface area contributed by atoms with Crippen molar-refractivity contribution < 1.29 is 28.7 Å². The number of rotatable bonds is 8. The summed E-state index contributed by atoms with van der Waals surface area (Å²) in [5.74, 6) is 0.408. The van der Waals surface area contributed by atoms with E-state index in [0.29, 0.717) is 24.7 Å². The van der Waals surface area contributed by atoms with Crippen LogP contribution in [0.2, 0.25) is 5.28 Å². The molecule has 0 saturated carbocycles. The van der Waals surface area contributed by atoms with Crippen molar-refractivity contribution in [2.75, 3.05) is 31.0 Å². The lowest BCUT2D eigenvalue weighted by atomic mass is 10.1. The fraction of sp³-hybridized carbons (Fsp3) is 0.667. The monoisotopic (exact) mass is 465 g/mol. The summed E-state index contributed by atoms with van der Waals surface area (Å²) >= 11 is 6.13. The van der Waals surface area contributed by atoms with Crippen LogP contribution in [0.5, 0.6) is 0 Å². The van der Waals surface area contributed by atoms with Crippen LogP contribution in [0.15, 0.2) is 6.20 Å². The van der Waals surface area contributed by atoms with E-state index in [2.05, 4.69) is 20.4 Å². The molecule has 0 spiro atoms. The van der Waals surface area contributed by atoms with Gasteiger partial charge in [-0.1, -0.05) is 0 Å². The lowest BCUT2D eigenvalue weighted by molar-refractivity contribution is 0.0151. The van der Waals surface area contributed by atoms with Gasteiger partial charge in [0.1, 0.15) is 6.10 Å². The summed E-state index contributed by atoms with van der Waals surface area (Å²) in [7, 11) is -4.04. The van der Waals surface area contributed by atoms with E-state index in [-0.39, 0.29) is 36.0 Å². The molecule has 160 valence electrons. The Morgan fingerprint density at radius 1 is 1.31 bits per heavy atom. The van der Waals surface area contributed by atoms with Crippen LogP contribution in [-0.4, -0.2) is 72.1 Å². The zero-order valence-corrected chi connectivity index (χ0v) is 17.9. The van der Waals surface area contributed by atoms with Gasteiger partial charge in [-0.2, -0.15) is 4.98 Å². The molecule has 14 heteroatoms. The molecule has 2 aromatic heterocycles.